The van der Waals surface area contributed by atoms with Gasteiger partial charge in [0.2, 0.25) is 0 Å². The Morgan fingerprint density at radius 3 is 2.44 bits per heavy atom. The number of ether oxygens (including phenoxy) is 3. The van der Waals surface area contributed by atoms with Crippen LogP contribution in [0.2, 0.25) is 0 Å². The number of ketones is 1. The molecule has 2 unspecified atom stereocenters. The third kappa shape index (κ3) is 14.6. The van der Waals surface area contributed by atoms with Crippen LogP contribution >= 0.6 is 0 Å². The van der Waals surface area contributed by atoms with Crippen molar-refractivity contribution >= 4 is 22.7 Å². The summed E-state index contributed by atoms with van der Waals surface area (Å²) in [6.45, 7) is 12.1. The van der Waals surface area contributed by atoms with Gasteiger partial charge < -0.3 is 39.5 Å². The van der Waals surface area contributed by atoms with Gasteiger partial charge in [0, 0.05) is 49.0 Å². The van der Waals surface area contributed by atoms with E-state index in [1.54, 1.807) is 68.9 Å². The fourth-order valence-corrected chi connectivity index (χ4v) is 9.02. The zero-order valence-electron chi connectivity index (χ0n) is 39.9. The van der Waals surface area contributed by atoms with E-state index in [-0.39, 0.29) is 25.4 Å². The quantitative estimate of drug-likeness (QED) is 0.0705. The van der Waals surface area contributed by atoms with Crippen LogP contribution in [0.15, 0.2) is 96.9 Å². The number of hydrogen-bond donors (Lipinski definition) is 4. The Kier molecular flexibility index (Phi) is 20.1. The van der Waals surface area contributed by atoms with E-state index < -0.39 is 72.5 Å². The van der Waals surface area contributed by atoms with Gasteiger partial charge in [-0.3, -0.25) is 19.5 Å². The van der Waals surface area contributed by atoms with Crippen LogP contribution in [0.3, 0.4) is 0 Å². The predicted molar refractivity (Wildman–Crippen MR) is 253 cm³/mol. The molecule has 3 heterocycles. The number of benzene rings is 2. The van der Waals surface area contributed by atoms with Gasteiger partial charge in [-0.1, -0.05) is 80.1 Å². The number of aliphatic hydroxyl groups excluding tert-OH is 4. The normalized spacial score (nSPS) is 25.8. The summed E-state index contributed by atoms with van der Waals surface area (Å²) in [5, 5.41) is 55.0. The van der Waals surface area contributed by atoms with Crippen molar-refractivity contribution in [1.29, 1.82) is 0 Å². The zero-order chi connectivity index (χ0) is 47.9. The van der Waals surface area contributed by atoms with Crippen LogP contribution in [-0.4, -0.2) is 139 Å². The molecule has 0 radical (unpaired) electrons. The molecule has 0 fully saturated rings. The van der Waals surface area contributed by atoms with Gasteiger partial charge in [-0.15, -0.1) is 5.10 Å². The van der Waals surface area contributed by atoms with E-state index in [1.165, 1.54) is 0 Å². The van der Waals surface area contributed by atoms with Crippen molar-refractivity contribution in [3.8, 4) is 5.69 Å². The van der Waals surface area contributed by atoms with E-state index in [0.29, 0.717) is 38.9 Å². The van der Waals surface area contributed by atoms with Crippen molar-refractivity contribution in [2.24, 2.45) is 23.7 Å². The second-order valence-corrected chi connectivity index (χ2v) is 18.1. The molecular formula is C51H72N6O9. The maximum atomic E-state index is 14.0. The molecule has 1 aliphatic heterocycles. The molecule has 4 N–H and O–H groups in total. The molecule has 0 saturated carbocycles. The lowest BCUT2D eigenvalue weighted by molar-refractivity contribution is -0.251. The topological polar surface area (TPSA) is 193 Å². The zero-order valence-corrected chi connectivity index (χ0v) is 39.9. The summed E-state index contributed by atoms with van der Waals surface area (Å²) in [6, 6.07) is 19.1. The number of cyclic esters (lactones) is 1. The number of esters is 1. The predicted octanol–water partition coefficient (Wildman–Crippen LogP) is 5.67. The Morgan fingerprint density at radius 1 is 1.00 bits per heavy atom. The van der Waals surface area contributed by atoms with E-state index in [2.05, 4.69) is 32.3 Å². The first-order valence-electron chi connectivity index (χ1n) is 23.3. The van der Waals surface area contributed by atoms with Gasteiger partial charge >= 0.3 is 5.97 Å². The number of pyridine rings is 1. The summed E-state index contributed by atoms with van der Waals surface area (Å²) >= 11 is 0. The van der Waals surface area contributed by atoms with Gasteiger partial charge in [-0.05, 0) is 102 Å². The number of carbonyl (C=O) groups is 2. The van der Waals surface area contributed by atoms with Crippen LogP contribution in [-0.2, 0) is 36.9 Å². The monoisotopic (exact) mass is 913 g/mol. The lowest BCUT2D eigenvalue weighted by atomic mass is 9.79. The van der Waals surface area contributed by atoms with E-state index in [9.17, 15) is 30.0 Å². The minimum atomic E-state index is -1.33. The summed E-state index contributed by atoms with van der Waals surface area (Å²) in [4.78, 5) is 36.0. The Labute approximate surface area is 390 Å². The van der Waals surface area contributed by atoms with Gasteiger partial charge in [0.05, 0.1) is 60.5 Å². The number of fused-ring (bicyclic) bond motifs is 1. The van der Waals surface area contributed by atoms with Crippen molar-refractivity contribution in [3.63, 3.8) is 0 Å². The molecule has 1 aliphatic rings. The van der Waals surface area contributed by atoms with E-state index in [4.69, 9.17) is 14.2 Å². The Balaban J connectivity index is 1.55. The summed E-state index contributed by atoms with van der Waals surface area (Å²) in [6.07, 6.45) is 3.22. The van der Waals surface area contributed by atoms with Crippen LogP contribution in [0.4, 0.5) is 0 Å². The number of aromatic nitrogens is 4. The van der Waals surface area contributed by atoms with Gasteiger partial charge in [0.1, 0.15) is 12.2 Å². The Bertz CT molecular complexity index is 2170. The molecule has 0 saturated heterocycles. The van der Waals surface area contributed by atoms with E-state index in [0.717, 1.165) is 33.4 Å². The molecule has 4 aromatic rings. The molecule has 66 heavy (non-hydrogen) atoms. The summed E-state index contributed by atoms with van der Waals surface area (Å²) in [5.41, 5.74) is 4.28. The first kappa shape index (κ1) is 52.3. The Morgan fingerprint density at radius 2 is 1.76 bits per heavy atom. The molecule has 15 heteroatoms. The molecule has 11 atom stereocenters. The van der Waals surface area contributed by atoms with Gasteiger partial charge in [0.25, 0.3) is 0 Å². The summed E-state index contributed by atoms with van der Waals surface area (Å²) in [7, 11) is 3.50. The molecule has 0 spiro atoms. The average molecular weight is 913 g/mol. The Hall–Kier alpha value is -4.71. The van der Waals surface area contributed by atoms with E-state index >= 15 is 0 Å². The fourth-order valence-electron chi connectivity index (χ4n) is 9.02. The minimum Gasteiger partial charge on any atom is -0.462 e. The lowest BCUT2D eigenvalue weighted by Gasteiger charge is -2.41. The SMILES string of the molecule is CCO[C@@H](O[C@H]1[C@@H](CCN(Cc2ccccc2)Cc2cn(-c3ccc4ncccc4c3)nn2)C[C@@H](C)C(=O)/C=C/C(C)=C/[C@H](CO)[C@@H](CC)OC(=O)C[C@@H](O)[C@@H]1C)C(O)C([C@@H](C)O)N(C)C. The van der Waals surface area contributed by atoms with Crippen LogP contribution < -0.4 is 0 Å². The third-order valence-corrected chi connectivity index (χ3v) is 12.7. The van der Waals surface area contributed by atoms with Gasteiger partial charge in [-0.2, -0.15) is 0 Å². The first-order valence-corrected chi connectivity index (χ1v) is 23.3. The highest BCUT2D eigenvalue weighted by Crippen LogP contribution is 2.34. The van der Waals surface area contributed by atoms with Crippen molar-refractivity contribution in [2.75, 3.05) is 33.9 Å². The highest BCUT2D eigenvalue weighted by Gasteiger charge is 2.41. The maximum Gasteiger partial charge on any atom is 0.308 e. The number of aliphatic hydroxyl groups is 4. The van der Waals surface area contributed by atoms with Gasteiger partial charge in [-0.25, -0.2) is 4.68 Å². The number of hydrogen-bond acceptors (Lipinski definition) is 14. The second-order valence-electron chi connectivity index (χ2n) is 18.1. The molecule has 360 valence electrons. The van der Waals surface area contributed by atoms with Crippen LogP contribution in [0.5, 0.6) is 0 Å². The second kappa shape index (κ2) is 25.4. The highest BCUT2D eigenvalue weighted by molar-refractivity contribution is 5.91. The number of allylic oxidation sites excluding steroid dienone is 3. The minimum absolute atomic E-state index is 0.115. The number of carbonyl (C=O) groups excluding carboxylic acids is 2. The smallest absolute Gasteiger partial charge is 0.308 e. The highest BCUT2D eigenvalue weighted by atomic mass is 16.7. The summed E-state index contributed by atoms with van der Waals surface area (Å²) < 4.78 is 20.7. The van der Waals surface area contributed by atoms with Crippen molar-refractivity contribution < 1.29 is 44.2 Å². The van der Waals surface area contributed by atoms with Crippen molar-refractivity contribution in [2.45, 2.75) is 123 Å². The number of likely N-dealkylation sites (N-methyl/N-ethyl adjacent to an activating group) is 1. The average Bonchev–Trinajstić information content (AvgIpc) is 3.77. The van der Waals surface area contributed by atoms with Gasteiger partial charge in [0.15, 0.2) is 12.1 Å². The van der Waals surface area contributed by atoms with E-state index in [1.807, 2.05) is 75.5 Å². The summed E-state index contributed by atoms with van der Waals surface area (Å²) in [5.74, 6) is -2.96. The largest absolute Gasteiger partial charge is 0.462 e. The molecule has 0 amide bonds. The first-order chi connectivity index (χ1) is 31.6. The number of rotatable bonds is 18. The third-order valence-electron chi connectivity index (χ3n) is 12.7. The molecule has 15 nitrogen and oxygen atoms in total. The molecule has 5 rings (SSSR count). The molecule has 2 aromatic carbocycles. The molecule has 0 aliphatic carbocycles. The van der Waals surface area contributed by atoms with Crippen LogP contribution in [0.25, 0.3) is 16.6 Å². The molecule has 2 aromatic heterocycles. The maximum absolute atomic E-state index is 14.0. The van der Waals surface area contributed by atoms with Crippen molar-refractivity contribution in [1.82, 2.24) is 29.8 Å². The lowest BCUT2D eigenvalue weighted by Crippen LogP contribution is -2.55. The fraction of sp³-hybridized carbons (Fsp3) is 0.549. The van der Waals surface area contributed by atoms with Crippen LogP contribution in [0.1, 0.15) is 78.5 Å². The molecule has 0 bridgehead atoms. The standard InChI is InChI=1S/C51H72N6O9/c1-9-46-40(32-58)25-33(3)18-21-44(60)34(4)26-39(50(35(5)45(61)28-47(62)65-46)66-51(64-10-2)49(63)48(36(6)59)55(7)8)22-24-56(29-37-15-12-11-13-16-37)30-41-31-57(54-53-41)42-19-20-43-38(27-42)17-14-23-52-43/h11-21,23,25,27,31,34-36,39-40,45-46,48-51,58-59,61,63H,9-10,22,24,26,28-30,32H2,1-8H3/b21-18+,33-25+/t34-,35+,36-,39+,40-,45-,46-,48?,49?,50-,51+/m1/s1. The molecular weight excluding hydrogens is 841 g/mol. The van der Waals surface area contributed by atoms with Crippen molar-refractivity contribution in [3.05, 3.63) is 108 Å². The van der Waals surface area contributed by atoms with Crippen LogP contribution in [0, 0.1) is 23.7 Å². The number of nitrogens with zero attached hydrogens (tertiary/aromatic N) is 6.